The summed E-state index contributed by atoms with van der Waals surface area (Å²) in [6.07, 6.45) is 4.96. The number of hydrogen-bond donors (Lipinski definition) is 1. The van der Waals surface area contributed by atoms with Crippen LogP contribution in [0.25, 0.3) is 0 Å². The lowest BCUT2D eigenvalue weighted by atomic mass is 10.1. The molecule has 0 saturated heterocycles. The lowest BCUT2D eigenvalue weighted by Crippen LogP contribution is -2.51. The number of halogens is 1. The molecule has 1 unspecified atom stereocenters. The maximum absolute atomic E-state index is 13.3. The van der Waals surface area contributed by atoms with Gasteiger partial charge in [-0.25, -0.2) is 0 Å². The molecule has 1 aliphatic rings. The van der Waals surface area contributed by atoms with Gasteiger partial charge in [-0.2, -0.15) is 0 Å². The maximum Gasteiger partial charge on any atom is 0.243 e. The molecule has 2 aromatic carbocycles. The number of nitrogens with zero attached hydrogens (tertiary/aromatic N) is 1. The van der Waals surface area contributed by atoms with Crippen LogP contribution in [-0.2, 0) is 16.1 Å². The Bertz CT molecular complexity index is 881. The van der Waals surface area contributed by atoms with E-state index in [1.807, 2.05) is 56.3 Å². The highest BCUT2D eigenvalue weighted by molar-refractivity contribution is 8.00. The molecule has 2 aromatic rings. The van der Waals surface area contributed by atoms with Crippen molar-refractivity contribution in [2.75, 3.05) is 5.75 Å². The quantitative estimate of drug-likeness (QED) is 0.497. The summed E-state index contributed by atoms with van der Waals surface area (Å²) in [7, 11) is 0. The van der Waals surface area contributed by atoms with Crippen LogP contribution in [0.2, 0.25) is 5.02 Å². The third kappa shape index (κ3) is 7.01. The van der Waals surface area contributed by atoms with E-state index in [1.165, 1.54) is 11.8 Å². The number of nitrogens with one attached hydrogen (secondary N) is 1. The number of rotatable bonds is 9. The molecular formula is C25H31ClN2O2S. The van der Waals surface area contributed by atoms with Crippen LogP contribution in [0.3, 0.4) is 0 Å². The zero-order valence-electron chi connectivity index (χ0n) is 18.3. The van der Waals surface area contributed by atoms with E-state index in [2.05, 4.69) is 11.4 Å². The molecule has 0 aliphatic heterocycles. The average Bonchev–Trinajstić information content (AvgIpc) is 3.26. The first kappa shape index (κ1) is 23.7. The van der Waals surface area contributed by atoms with Crippen molar-refractivity contribution >= 4 is 35.2 Å². The second-order valence-electron chi connectivity index (χ2n) is 8.17. The molecule has 1 aliphatic carbocycles. The number of amides is 2. The largest absolute Gasteiger partial charge is 0.352 e. The van der Waals surface area contributed by atoms with Gasteiger partial charge in [-0.3, -0.25) is 9.59 Å². The van der Waals surface area contributed by atoms with Crippen LogP contribution in [-0.4, -0.2) is 34.6 Å². The van der Waals surface area contributed by atoms with Gasteiger partial charge < -0.3 is 10.2 Å². The van der Waals surface area contributed by atoms with E-state index in [4.69, 9.17) is 11.6 Å². The average molecular weight is 459 g/mol. The predicted molar refractivity (Wildman–Crippen MR) is 128 cm³/mol. The van der Waals surface area contributed by atoms with Crippen molar-refractivity contribution in [1.29, 1.82) is 0 Å². The van der Waals surface area contributed by atoms with E-state index in [9.17, 15) is 9.59 Å². The molecule has 0 aromatic heterocycles. The van der Waals surface area contributed by atoms with Crippen molar-refractivity contribution in [3.8, 4) is 0 Å². The minimum Gasteiger partial charge on any atom is -0.352 e. The van der Waals surface area contributed by atoms with Gasteiger partial charge in [0.05, 0.1) is 5.75 Å². The molecule has 1 atom stereocenters. The van der Waals surface area contributed by atoms with Crippen molar-refractivity contribution in [1.82, 2.24) is 10.2 Å². The Morgan fingerprint density at radius 3 is 2.52 bits per heavy atom. The summed E-state index contributed by atoms with van der Waals surface area (Å²) in [5.41, 5.74) is 2.18. The highest BCUT2D eigenvalue weighted by Gasteiger charge is 2.30. The molecule has 3 rings (SSSR count). The Kier molecular flexibility index (Phi) is 8.85. The number of thioether (sulfide) groups is 1. The molecule has 0 bridgehead atoms. The van der Waals surface area contributed by atoms with Crippen molar-refractivity contribution in [3.05, 3.63) is 64.7 Å². The molecule has 31 heavy (non-hydrogen) atoms. The lowest BCUT2D eigenvalue weighted by Gasteiger charge is -2.31. The van der Waals surface area contributed by atoms with E-state index in [-0.39, 0.29) is 23.6 Å². The van der Waals surface area contributed by atoms with Crippen LogP contribution >= 0.6 is 23.4 Å². The van der Waals surface area contributed by atoms with E-state index in [0.717, 1.165) is 41.7 Å². The fourth-order valence-electron chi connectivity index (χ4n) is 4.05. The second-order valence-corrected chi connectivity index (χ2v) is 9.65. The lowest BCUT2D eigenvalue weighted by molar-refractivity contribution is -0.139. The summed E-state index contributed by atoms with van der Waals surface area (Å²) in [5.74, 6) is 0.211. The summed E-state index contributed by atoms with van der Waals surface area (Å²) in [6.45, 7) is 4.44. The predicted octanol–water partition coefficient (Wildman–Crippen LogP) is 5.61. The van der Waals surface area contributed by atoms with Crippen LogP contribution in [0.1, 0.15) is 50.2 Å². The Labute approximate surface area is 194 Å². The molecule has 2 amide bonds. The summed E-state index contributed by atoms with van der Waals surface area (Å²) in [5, 5.41) is 3.86. The maximum atomic E-state index is 13.3. The van der Waals surface area contributed by atoms with Gasteiger partial charge in [0.2, 0.25) is 11.8 Å². The first-order valence-corrected chi connectivity index (χ1v) is 12.4. The van der Waals surface area contributed by atoms with Gasteiger partial charge in [0.25, 0.3) is 0 Å². The van der Waals surface area contributed by atoms with Gasteiger partial charge in [0.15, 0.2) is 0 Å². The first-order valence-electron chi connectivity index (χ1n) is 11.0. The van der Waals surface area contributed by atoms with Crippen LogP contribution in [0, 0.1) is 6.92 Å². The summed E-state index contributed by atoms with van der Waals surface area (Å²) >= 11 is 7.43. The van der Waals surface area contributed by atoms with E-state index < -0.39 is 6.04 Å². The van der Waals surface area contributed by atoms with Gasteiger partial charge in [-0.05, 0) is 56.0 Å². The fourth-order valence-corrected chi connectivity index (χ4v) is 4.96. The molecule has 6 heteroatoms. The summed E-state index contributed by atoms with van der Waals surface area (Å²) in [6, 6.07) is 15.4. The number of carbonyl (C=O) groups excluding carboxylic acids is 2. The summed E-state index contributed by atoms with van der Waals surface area (Å²) in [4.78, 5) is 29.2. The first-order chi connectivity index (χ1) is 15.0. The Morgan fingerprint density at radius 2 is 1.87 bits per heavy atom. The standard InChI is InChI=1S/C25H31ClN2O2S/c1-3-23(25(30)27-21-9-4-5-10-21)28(16-19-8-6-7-18(2)15-19)24(29)17-31-22-13-11-20(26)12-14-22/h6-8,11-15,21,23H,3-5,9-10,16-17H2,1-2H3,(H,27,30). The van der Waals surface area contributed by atoms with E-state index in [1.54, 1.807) is 4.90 Å². The van der Waals surface area contributed by atoms with Crippen molar-refractivity contribution in [3.63, 3.8) is 0 Å². The van der Waals surface area contributed by atoms with Crippen LogP contribution in [0.4, 0.5) is 0 Å². The molecule has 1 saturated carbocycles. The van der Waals surface area contributed by atoms with Crippen molar-refractivity contribution in [2.24, 2.45) is 0 Å². The highest BCUT2D eigenvalue weighted by Crippen LogP contribution is 2.23. The molecule has 166 valence electrons. The molecule has 1 fully saturated rings. The molecule has 0 heterocycles. The third-order valence-electron chi connectivity index (χ3n) is 5.70. The second kappa shape index (κ2) is 11.6. The zero-order chi connectivity index (χ0) is 22.2. The van der Waals surface area contributed by atoms with Gasteiger partial charge in [0, 0.05) is 22.5 Å². The molecule has 4 nitrogen and oxygen atoms in total. The topological polar surface area (TPSA) is 49.4 Å². The molecule has 0 radical (unpaired) electrons. The van der Waals surface area contributed by atoms with Gasteiger partial charge in [0.1, 0.15) is 6.04 Å². The van der Waals surface area contributed by atoms with Gasteiger partial charge >= 0.3 is 0 Å². The normalized spacial score (nSPS) is 14.9. The van der Waals surface area contributed by atoms with Gasteiger partial charge in [-0.15, -0.1) is 11.8 Å². The molecule has 1 N–H and O–H groups in total. The fraction of sp³-hybridized carbons (Fsp3) is 0.440. The van der Waals surface area contributed by atoms with Crippen LogP contribution < -0.4 is 5.32 Å². The summed E-state index contributed by atoms with van der Waals surface area (Å²) < 4.78 is 0. The number of benzene rings is 2. The Hall–Kier alpha value is -1.98. The van der Waals surface area contributed by atoms with Crippen molar-refractivity contribution < 1.29 is 9.59 Å². The molecular weight excluding hydrogens is 428 g/mol. The monoisotopic (exact) mass is 458 g/mol. The Morgan fingerprint density at radius 1 is 1.16 bits per heavy atom. The highest BCUT2D eigenvalue weighted by atomic mass is 35.5. The molecule has 0 spiro atoms. The minimum absolute atomic E-state index is 0.0325. The number of aryl methyl sites for hydroxylation is 1. The third-order valence-corrected chi connectivity index (χ3v) is 6.95. The van der Waals surface area contributed by atoms with E-state index in [0.29, 0.717) is 18.0 Å². The smallest absolute Gasteiger partial charge is 0.243 e. The van der Waals surface area contributed by atoms with E-state index >= 15 is 0 Å². The number of hydrogen-bond acceptors (Lipinski definition) is 3. The zero-order valence-corrected chi connectivity index (χ0v) is 19.8. The van der Waals surface area contributed by atoms with Gasteiger partial charge in [-0.1, -0.05) is 61.2 Å². The van der Waals surface area contributed by atoms with Crippen molar-refractivity contribution in [2.45, 2.75) is 69.5 Å². The Balaban J connectivity index is 1.75. The number of carbonyl (C=O) groups is 2. The van der Waals surface area contributed by atoms with Crippen LogP contribution in [0.5, 0.6) is 0 Å². The minimum atomic E-state index is -0.473. The SMILES string of the molecule is CCC(C(=O)NC1CCCC1)N(Cc1cccc(C)c1)C(=O)CSc1ccc(Cl)cc1. The van der Waals surface area contributed by atoms with Crippen LogP contribution in [0.15, 0.2) is 53.4 Å².